The van der Waals surface area contributed by atoms with Crippen LogP contribution in [0.3, 0.4) is 0 Å². The highest BCUT2D eigenvalue weighted by Gasteiger charge is 2.48. The fourth-order valence-electron chi connectivity index (χ4n) is 4.88. The third kappa shape index (κ3) is 6.18. The fraction of sp³-hybridized carbons (Fsp3) is 0.464. The molecule has 0 bridgehead atoms. The predicted molar refractivity (Wildman–Crippen MR) is 143 cm³/mol. The average molecular weight is 609 g/mol. The van der Waals surface area contributed by atoms with Crippen molar-refractivity contribution in [1.82, 2.24) is 0 Å². The second kappa shape index (κ2) is 12.7. The van der Waals surface area contributed by atoms with Gasteiger partial charge in [-0.05, 0) is 24.3 Å². The summed E-state index contributed by atoms with van der Waals surface area (Å²) in [4.78, 5) is 13.2. The number of rotatable bonds is 8. The van der Waals surface area contributed by atoms with Crippen LogP contribution < -0.4 is 14.9 Å². The molecule has 3 aromatic rings. The van der Waals surface area contributed by atoms with Crippen LogP contribution in [0.25, 0.3) is 22.3 Å². The molecule has 5 rings (SSSR count). The molecule has 0 unspecified atom stereocenters. The van der Waals surface area contributed by atoms with E-state index in [-0.39, 0.29) is 34.0 Å². The van der Waals surface area contributed by atoms with Gasteiger partial charge in [-0.3, -0.25) is 4.79 Å². The van der Waals surface area contributed by atoms with Gasteiger partial charge in [-0.2, -0.15) is 0 Å². The van der Waals surface area contributed by atoms with Gasteiger partial charge >= 0.3 is 0 Å². The molecular weight excluding hydrogens is 576 g/mol. The topological polar surface area (TPSA) is 238 Å². The second-order valence-electron chi connectivity index (χ2n) is 10.2. The van der Waals surface area contributed by atoms with Gasteiger partial charge in [0.15, 0.2) is 11.7 Å². The van der Waals surface area contributed by atoms with Gasteiger partial charge in [-0.25, -0.2) is 0 Å². The number of aromatic hydroxyl groups is 1. The largest absolute Gasteiger partial charge is 0.508 e. The lowest BCUT2D eigenvalue weighted by atomic mass is 9.98. The Balaban J connectivity index is 1.39. The van der Waals surface area contributed by atoms with Crippen LogP contribution in [0.1, 0.15) is 0 Å². The quantitative estimate of drug-likeness (QED) is 0.140. The molecular formula is C28H32O15. The van der Waals surface area contributed by atoms with E-state index in [0.29, 0.717) is 5.56 Å². The molecule has 0 aliphatic carbocycles. The first kappa shape index (κ1) is 31.1. The first-order valence-corrected chi connectivity index (χ1v) is 13.3. The number of methoxy groups -OCH3 is 1. The number of hydrogen-bond donors (Lipinski definition) is 8. The molecule has 2 aliphatic rings. The number of fused-ring (bicyclic) bond motifs is 1. The van der Waals surface area contributed by atoms with Crippen LogP contribution in [0.15, 0.2) is 51.7 Å². The van der Waals surface area contributed by atoms with Crippen molar-refractivity contribution >= 4 is 11.0 Å². The maximum absolute atomic E-state index is 13.2. The van der Waals surface area contributed by atoms with E-state index in [9.17, 15) is 45.6 Å². The average Bonchev–Trinajstić information content (AvgIpc) is 3.00. The lowest BCUT2D eigenvalue weighted by Crippen LogP contribution is -2.62. The van der Waals surface area contributed by atoms with E-state index in [2.05, 4.69) is 0 Å². The van der Waals surface area contributed by atoms with Crippen LogP contribution >= 0.6 is 0 Å². The molecule has 234 valence electrons. The van der Waals surface area contributed by atoms with E-state index in [0.717, 1.165) is 0 Å². The first-order valence-electron chi connectivity index (χ1n) is 13.3. The monoisotopic (exact) mass is 608 g/mol. The summed E-state index contributed by atoms with van der Waals surface area (Å²) in [5, 5.41) is 80.8. The molecule has 2 aromatic carbocycles. The number of ether oxygens (including phenoxy) is 5. The molecule has 2 saturated heterocycles. The molecule has 0 amide bonds. The van der Waals surface area contributed by atoms with Gasteiger partial charge in [0, 0.05) is 23.8 Å². The zero-order valence-corrected chi connectivity index (χ0v) is 22.7. The van der Waals surface area contributed by atoms with Crippen LogP contribution in [-0.2, 0) is 14.2 Å². The summed E-state index contributed by atoms with van der Waals surface area (Å²) in [6.45, 7) is -1.25. The summed E-state index contributed by atoms with van der Waals surface area (Å²) >= 11 is 0. The summed E-state index contributed by atoms with van der Waals surface area (Å²) in [7, 11) is 1.37. The number of aliphatic hydroxyl groups excluding tert-OH is 7. The second-order valence-corrected chi connectivity index (χ2v) is 10.2. The Morgan fingerprint density at radius 3 is 2.07 bits per heavy atom. The minimum atomic E-state index is -1.81. The Bertz CT molecular complexity index is 1460. The van der Waals surface area contributed by atoms with Crippen molar-refractivity contribution in [2.24, 2.45) is 0 Å². The zero-order valence-electron chi connectivity index (χ0n) is 22.7. The Morgan fingerprint density at radius 2 is 1.42 bits per heavy atom. The van der Waals surface area contributed by atoms with Crippen molar-refractivity contribution in [2.75, 3.05) is 20.3 Å². The van der Waals surface area contributed by atoms with Crippen molar-refractivity contribution in [3.05, 3.63) is 52.7 Å². The lowest BCUT2D eigenvalue weighted by molar-refractivity contribution is -0.323. The van der Waals surface area contributed by atoms with Gasteiger partial charge in [0.1, 0.15) is 82.8 Å². The van der Waals surface area contributed by atoms with Crippen LogP contribution in [0, 0.1) is 0 Å². The molecule has 10 atom stereocenters. The van der Waals surface area contributed by atoms with E-state index >= 15 is 0 Å². The Morgan fingerprint density at radius 1 is 0.791 bits per heavy atom. The Hall–Kier alpha value is -3.35. The van der Waals surface area contributed by atoms with E-state index in [1.165, 1.54) is 37.4 Å². The van der Waals surface area contributed by atoms with E-state index in [4.69, 9.17) is 28.1 Å². The maximum atomic E-state index is 13.2. The SMILES string of the molecule is COc1cc(O[C@H]2O[C@H](CO[C@H]3O[C@@H](CO)[C@H](O)[C@@H](O)[C@@H]3O)[C@H](O)[C@@H](O)[C@H]2O)c2c(=O)cc(-c3ccc(O)cc3)oc2c1. The highest BCUT2D eigenvalue weighted by Crippen LogP contribution is 2.35. The Kier molecular flexibility index (Phi) is 9.19. The first-order chi connectivity index (χ1) is 20.5. The zero-order chi connectivity index (χ0) is 31.0. The molecule has 15 heteroatoms. The van der Waals surface area contributed by atoms with E-state index in [1.807, 2.05) is 0 Å². The van der Waals surface area contributed by atoms with Gasteiger partial charge in [-0.1, -0.05) is 0 Å². The molecule has 3 heterocycles. The number of hydrogen-bond acceptors (Lipinski definition) is 15. The lowest BCUT2D eigenvalue weighted by Gasteiger charge is -2.42. The van der Waals surface area contributed by atoms with Crippen molar-refractivity contribution in [3.8, 4) is 28.6 Å². The van der Waals surface area contributed by atoms with Crippen LogP contribution in [-0.4, -0.2) is 123 Å². The molecule has 1 aromatic heterocycles. The standard InChI is InChI=1S/C28H32O15/c1-38-13-6-16-20(14(31)8-15(40-16)11-2-4-12(30)5-3-11)17(7-13)41-28-26(37)24(35)22(33)19(43-28)10-39-27-25(36)23(34)21(32)18(9-29)42-27/h2-8,18-19,21-30,32-37H,9-10H2,1H3/t18-,19+,21-,22-,23+,24+,25-,26+,27-,28-/m0/s1. The molecule has 15 nitrogen and oxygen atoms in total. The van der Waals surface area contributed by atoms with E-state index < -0.39 is 80.1 Å². The van der Waals surface area contributed by atoms with Gasteiger partial charge < -0.3 is 69.0 Å². The van der Waals surface area contributed by atoms with E-state index in [1.54, 1.807) is 12.1 Å². The third-order valence-corrected chi connectivity index (χ3v) is 7.34. The molecule has 43 heavy (non-hydrogen) atoms. The minimum absolute atomic E-state index is 0.0273. The molecule has 0 radical (unpaired) electrons. The fourth-order valence-corrected chi connectivity index (χ4v) is 4.88. The van der Waals surface area contributed by atoms with Crippen LogP contribution in [0.5, 0.6) is 17.2 Å². The van der Waals surface area contributed by atoms with Gasteiger partial charge in [0.05, 0.1) is 20.3 Å². The smallest absolute Gasteiger partial charge is 0.229 e. The summed E-state index contributed by atoms with van der Waals surface area (Å²) in [6.07, 6.45) is -16.2. The maximum Gasteiger partial charge on any atom is 0.229 e. The number of phenols is 1. The summed E-state index contributed by atoms with van der Waals surface area (Å²) in [5.41, 5.74) is 0.0288. The van der Waals surface area contributed by atoms with Gasteiger partial charge in [0.25, 0.3) is 0 Å². The molecule has 2 aliphatic heterocycles. The molecule has 0 spiro atoms. The highest BCUT2D eigenvalue weighted by molar-refractivity contribution is 5.86. The normalized spacial score (nSPS) is 32.9. The number of phenolic OH excluding ortho intramolecular Hbond substituents is 1. The number of aliphatic hydroxyl groups is 7. The van der Waals surface area contributed by atoms with Crippen molar-refractivity contribution in [3.63, 3.8) is 0 Å². The van der Waals surface area contributed by atoms with Gasteiger partial charge in [-0.15, -0.1) is 0 Å². The summed E-state index contributed by atoms with van der Waals surface area (Å²) in [6, 6.07) is 9.97. The van der Waals surface area contributed by atoms with Crippen molar-refractivity contribution < 1.29 is 69.0 Å². The van der Waals surface area contributed by atoms with Gasteiger partial charge in [0.2, 0.25) is 6.29 Å². The third-order valence-electron chi connectivity index (χ3n) is 7.34. The highest BCUT2D eigenvalue weighted by atomic mass is 16.7. The van der Waals surface area contributed by atoms with Crippen LogP contribution in [0.4, 0.5) is 0 Å². The summed E-state index contributed by atoms with van der Waals surface area (Å²) < 4.78 is 33.5. The van der Waals surface area contributed by atoms with Crippen LogP contribution in [0.2, 0.25) is 0 Å². The summed E-state index contributed by atoms with van der Waals surface area (Å²) in [5.74, 6) is 0.289. The predicted octanol–water partition coefficient (Wildman–Crippen LogP) is -1.82. The molecule has 8 N–H and O–H groups in total. The van der Waals surface area contributed by atoms with Crippen molar-refractivity contribution in [2.45, 2.75) is 61.4 Å². The molecule has 0 saturated carbocycles. The minimum Gasteiger partial charge on any atom is -0.508 e. The molecule has 2 fully saturated rings. The Labute approximate surface area is 243 Å². The number of benzene rings is 2. The van der Waals surface area contributed by atoms with Crippen molar-refractivity contribution in [1.29, 1.82) is 0 Å².